The van der Waals surface area contributed by atoms with Crippen LogP contribution in [0.25, 0.3) is 10.2 Å². The summed E-state index contributed by atoms with van der Waals surface area (Å²) in [6.07, 6.45) is 5.03. The van der Waals surface area contributed by atoms with Gasteiger partial charge in [0.2, 0.25) is 0 Å². The normalized spacial score (nSPS) is 14.7. The van der Waals surface area contributed by atoms with E-state index in [1.165, 1.54) is 24.2 Å². The molecule has 7 heteroatoms. The van der Waals surface area contributed by atoms with E-state index in [9.17, 15) is 4.79 Å². The summed E-state index contributed by atoms with van der Waals surface area (Å²) in [5.74, 6) is 0.874. The molecule has 0 unspecified atom stereocenters. The Balaban J connectivity index is 1.27. The van der Waals surface area contributed by atoms with Gasteiger partial charge in [-0.3, -0.25) is 4.79 Å². The zero-order valence-electron chi connectivity index (χ0n) is 17.7. The topological polar surface area (TPSA) is 51.7 Å². The van der Waals surface area contributed by atoms with Crippen LogP contribution in [-0.4, -0.2) is 41.6 Å². The van der Waals surface area contributed by atoms with Crippen LogP contribution in [0.15, 0.2) is 42.5 Å². The highest BCUT2D eigenvalue weighted by Gasteiger charge is 2.25. The summed E-state index contributed by atoms with van der Waals surface area (Å²) < 4.78 is 12.8. The number of rotatable bonds is 8. The van der Waals surface area contributed by atoms with Crippen molar-refractivity contribution in [1.82, 2.24) is 9.88 Å². The van der Waals surface area contributed by atoms with E-state index in [0.717, 1.165) is 41.8 Å². The molecule has 3 aromatic rings. The monoisotopic (exact) mass is 458 g/mol. The van der Waals surface area contributed by atoms with E-state index >= 15 is 0 Å². The van der Waals surface area contributed by atoms with Crippen LogP contribution in [0.4, 0.5) is 0 Å². The molecular weight excluding hydrogens is 432 g/mol. The summed E-state index contributed by atoms with van der Waals surface area (Å²) >= 11 is 7.72. The average molecular weight is 459 g/mol. The van der Waals surface area contributed by atoms with Gasteiger partial charge in [0.25, 0.3) is 11.1 Å². The smallest absolute Gasteiger partial charge is 0.274 e. The van der Waals surface area contributed by atoms with Gasteiger partial charge in [-0.25, -0.2) is 4.98 Å². The number of ether oxygens (including phenoxy) is 2. The van der Waals surface area contributed by atoms with Gasteiger partial charge in [-0.2, -0.15) is 0 Å². The number of hydrogen-bond donors (Lipinski definition) is 0. The van der Waals surface area contributed by atoms with Crippen molar-refractivity contribution >= 4 is 39.1 Å². The maximum atomic E-state index is 12.8. The Morgan fingerprint density at radius 1 is 1.16 bits per heavy atom. The lowest BCUT2D eigenvalue weighted by molar-refractivity contribution is 0.0595. The molecule has 0 N–H and O–H groups in total. The summed E-state index contributed by atoms with van der Waals surface area (Å²) in [6.45, 7) is 4.23. The molecule has 0 aliphatic carbocycles. The number of carbonyl (C=O) groups excluding carboxylic acids is 1. The summed E-state index contributed by atoms with van der Waals surface area (Å²) in [4.78, 5) is 19.3. The van der Waals surface area contributed by atoms with Gasteiger partial charge in [-0.1, -0.05) is 48.8 Å². The van der Waals surface area contributed by atoms with Crippen molar-refractivity contribution in [1.29, 1.82) is 0 Å². The molecule has 5 nitrogen and oxygen atoms in total. The zero-order chi connectivity index (χ0) is 21.6. The van der Waals surface area contributed by atoms with E-state index in [1.807, 2.05) is 47.4 Å². The van der Waals surface area contributed by atoms with Gasteiger partial charge >= 0.3 is 0 Å². The first-order valence-electron chi connectivity index (χ1n) is 10.9. The molecule has 0 bridgehead atoms. The lowest BCUT2D eigenvalue weighted by atomic mass is 10.1. The van der Waals surface area contributed by atoms with Gasteiger partial charge in [0, 0.05) is 31.5 Å². The van der Waals surface area contributed by atoms with Crippen LogP contribution < -0.4 is 9.47 Å². The van der Waals surface area contributed by atoms with Gasteiger partial charge in [0.15, 0.2) is 0 Å². The Bertz CT molecular complexity index is 1010. The van der Waals surface area contributed by atoms with E-state index in [0.29, 0.717) is 28.9 Å². The van der Waals surface area contributed by atoms with Crippen LogP contribution in [0.1, 0.15) is 49.4 Å². The summed E-state index contributed by atoms with van der Waals surface area (Å²) in [6, 6.07) is 13.2. The summed E-state index contributed by atoms with van der Waals surface area (Å²) in [5, 5.41) is 1.28. The van der Waals surface area contributed by atoms with E-state index in [-0.39, 0.29) is 12.0 Å². The first-order valence-corrected chi connectivity index (χ1v) is 12.1. The molecule has 1 aliphatic heterocycles. The molecular formula is C24H27ClN2O3S. The van der Waals surface area contributed by atoms with Crippen LogP contribution in [0.3, 0.4) is 0 Å². The lowest BCUT2D eigenvalue weighted by Crippen LogP contribution is -2.41. The van der Waals surface area contributed by atoms with Crippen LogP contribution >= 0.6 is 22.9 Å². The number of halogens is 1. The number of carbonyl (C=O) groups is 1. The molecule has 2 heterocycles. The van der Waals surface area contributed by atoms with Gasteiger partial charge in [-0.05, 0) is 42.8 Å². The number of unbranched alkanes of at least 4 members (excludes halogenated alkanes) is 2. The number of thiazole rings is 1. The average Bonchev–Trinajstić information content (AvgIpc) is 3.21. The molecule has 1 aromatic heterocycles. The molecule has 0 radical (unpaired) electrons. The molecule has 0 atom stereocenters. The molecule has 0 saturated carbocycles. The molecule has 1 fully saturated rings. The Kier molecular flexibility index (Phi) is 7.30. The minimum absolute atomic E-state index is 0.0577. The predicted octanol–water partition coefficient (Wildman–Crippen LogP) is 6.20. The Morgan fingerprint density at radius 2 is 1.94 bits per heavy atom. The molecule has 2 aromatic carbocycles. The van der Waals surface area contributed by atoms with E-state index in [4.69, 9.17) is 21.1 Å². The largest absolute Gasteiger partial charge is 0.494 e. The number of nitrogens with zero attached hydrogens (tertiary/aromatic N) is 2. The maximum absolute atomic E-state index is 12.8. The van der Waals surface area contributed by atoms with Crippen LogP contribution in [-0.2, 0) is 0 Å². The molecule has 164 valence electrons. The van der Waals surface area contributed by atoms with Gasteiger partial charge in [-0.15, -0.1) is 0 Å². The fraction of sp³-hybridized carbons (Fsp3) is 0.417. The van der Waals surface area contributed by atoms with Crippen molar-refractivity contribution in [3.63, 3.8) is 0 Å². The third-order valence-electron chi connectivity index (χ3n) is 5.46. The van der Waals surface area contributed by atoms with Crippen molar-refractivity contribution in [2.75, 3.05) is 19.7 Å². The second kappa shape index (κ2) is 10.3. The predicted molar refractivity (Wildman–Crippen MR) is 126 cm³/mol. The van der Waals surface area contributed by atoms with Crippen molar-refractivity contribution in [3.8, 4) is 10.9 Å². The number of para-hydroxylation sites is 1. The van der Waals surface area contributed by atoms with Crippen molar-refractivity contribution in [3.05, 3.63) is 53.1 Å². The van der Waals surface area contributed by atoms with Gasteiger partial charge in [0.1, 0.15) is 17.4 Å². The highest BCUT2D eigenvalue weighted by molar-refractivity contribution is 7.20. The third kappa shape index (κ3) is 5.49. The summed E-state index contributed by atoms with van der Waals surface area (Å²) in [7, 11) is 0. The molecule has 1 saturated heterocycles. The van der Waals surface area contributed by atoms with E-state index in [2.05, 4.69) is 11.9 Å². The van der Waals surface area contributed by atoms with Crippen LogP contribution in [0.5, 0.6) is 10.9 Å². The number of fused-ring (bicyclic) bond motifs is 1. The highest BCUT2D eigenvalue weighted by Crippen LogP contribution is 2.33. The third-order valence-corrected chi connectivity index (χ3v) is 6.68. The second-order valence-corrected chi connectivity index (χ2v) is 9.16. The molecule has 4 rings (SSSR count). The molecule has 1 aliphatic rings. The number of amides is 1. The quantitative estimate of drug-likeness (QED) is 0.377. The first kappa shape index (κ1) is 21.9. The van der Waals surface area contributed by atoms with Gasteiger partial charge < -0.3 is 14.4 Å². The van der Waals surface area contributed by atoms with Crippen molar-refractivity contribution < 1.29 is 14.3 Å². The second-order valence-electron chi connectivity index (χ2n) is 7.76. The number of piperidine rings is 1. The number of aromatic nitrogens is 1. The Morgan fingerprint density at radius 3 is 2.65 bits per heavy atom. The minimum Gasteiger partial charge on any atom is -0.494 e. The van der Waals surface area contributed by atoms with Crippen molar-refractivity contribution in [2.45, 2.75) is 45.1 Å². The SMILES string of the molecule is CCCCCOc1ccc(C(=O)N2CCC(Oc3nc4c(Cl)cccc4s3)CC2)cc1. The van der Waals surface area contributed by atoms with E-state index < -0.39 is 0 Å². The lowest BCUT2D eigenvalue weighted by Gasteiger charge is -2.31. The number of likely N-dealkylation sites (tertiary alicyclic amines) is 1. The number of hydrogen-bond acceptors (Lipinski definition) is 5. The Labute approximate surface area is 191 Å². The minimum atomic E-state index is 0.0577. The van der Waals surface area contributed by atoms with Gasteiger partial charge in [0.05, 0.1) is 16.3 Å². The molecule has 0 spiro atoms. The Hall–Kier alpha value is -2.31. The van der Waals surface area contributed by atoms with Crippen LogP contribution in [0, 0.1) is 0 Å². The first-order chi connectivity index (χ1) is 15.1. The van der Waals surface area contributed by atoms with Crippen molar-refractivity contribution in [2.24, 2.45) is 0 Å². The molecule has 1 amide bonds. The summed E-state index contributed by atoms with van der Waals surface area (Å²) in [5.41, 5.74) is 1.48. The maximum Gasteiger partial charge on any atom is 0.274 e. The molecule has 31 heavy (non-hydrogen) atoms. The number of benzene rings is 2. The van der Waals surface area contributed by atoms with Crippen LogP contribution in [0.2, 0.25) is 5.02 Å². The fourth-order valence-electron chi connectivity index (χ4n) is 3.68. The highest BCUT2D eigenvalue weighted by atomic mass is 35.5. The standard InChI is InChI=1S/C24H27ClN2O3S/c1-2-3-4-16-29-18-10-8-17(9-11-18)23(28)27-14-12-19(13-15-27)30-24-26-22-20(25)6-5-7-21(22)31-24/h5-11,19H,2-4,12-16H2,1H3. The zero-order valence-corrected chi connectivity index (χ0v) is 19.3. The fourth-order valence-corrected chi connectivity index (χ4v) is 4.86. The van der Waals surface area contributed by atoms with E-state index in [1.54, 1.807) is 0 Å².